The van der Waals surface area contributed by atoms with Gasteiger partial charge in [0.15, 0.2) is 0 Å². The molecule has 0 spiro atoms. The molecule has 0 aliphatic carbocycles. The summed E-state index contributed by atoms with van der Waals surface area (Å²) in [6.45, 7) is 2.61. The number of aliphatic carboxylic acids is 1. The van der Waals surface area contributed by atoms with E-state index < -0.39 is 12.0 Å². The molecule has 2 rings (SSSR count). The monoisotopic (exact) mass is 227 g/mol. The van der Waals surface area contributed by atoms with E-state index in [1.54, 1.807) is 0 Å². The van der Waals surface area contributed by atoms with Gasteiger partial charge in [0, 0.05) is 13.1 Å². The Labute approximate surface area is 92.1 Å². The summed E-state index contributed by atoms with van der Waals surface area (Å²) in [5, 5.41) is 13.0. The summed E-state index contributed by atoms with van der Waals surface area (Å²) < 4.78 is 5.21. The first-order valence-corrected chi connectivity index (χ1v) is 5.80. The molecule has 1 atom stereocenters. The molecule has 1 aromatic rings. The van der Waals surface area contributed by atoms with Crippen LogP contribution in [0.5, 0.6) is 0 Å². The molecule has 1 unspecified atom stereocenters. The highest BCUT2D eigenvalue weighted by Gasteiger charge is 2.28. The highest BCUT2D eigenvalue weighted by Crippen LogP contribution is 2.23. The molecule has 1 N–H and O–H groups in total. The minimum atomic E-state index is -0.782. The van der Waals surface area contributed by atoms with Gasteiger partial charge >= 0.3 is 5.97 Å². The lowest BCUT2D eigenvalue weighted by atomic mass is 10.1. The number of ether oxygens (including phenoxy) is 1. The Hall–Kier alpha value is -0.910. The number of thiophene rings is 1. The molecule has 1 fully saturated rings. The Morgan fingerprint density at radius 3 is 2.80 bits per heavy atom. The van der Waals surface area contributed by atoms with Gasteiger partial charge in [-0.15, -0.1) is 0 Å². The maximum absolute atomic E-state index is 11.2. The Kier molecular flexibility index (Phi) is 3.35. The highest BCUT2D eigenvalue weighted by atomic mass is 32.1. The molecule has 1 aliphatic heterocycles. The van der Waals surface area contributed by atoms with Crippen molar-refractivity contribution >= 4 is 17.3 Å². The van der Waals surface area contributed by atoms with E-state index in [0.29, 0.717) is 26.3 Å². The van der Waals surface area contributed by atoms with Gasteiger partial charge in [0.1, 0.15) is 6.04 Å². The van der Waals surface area contributed by atoms with E-state index >= 15 is 0 Å². The fourth-order valence-electron chi connectivity index (χ4n) is 1.78. The van der Waals surface area contributed by atoms with E-state index in [1.807, 2.05) is 21.7 Å². The van der Waals surface area contributed by atoms with Crippen molar-refractivity contribution in [1.29, 1.82) is 0 Å². The van der Waals surface area contributed by atoms with Crippen molar-refractivity contribution in [3.05, 3.63) is 22.4 Å². The maximum Gasteiger partial charge on any atom is 0.325 e. The number of nitrogens with zero attached hydrogens (tertiary/aromatic N) is 1. The SMILES string of the molecule is O=C(O)C(c1ccsc1)N1CCOCC1. The zero-order chi connectivity index (χ0) is 10.7. The summed E-state index contributed by atoms with van der Waals surface area (Å²) >= 11 is 1.53. The van der Waals surface area contributed by atoms with Gasteiger partial charge in [-0.2, -0.15) is 11.3 Å². The number of hydrogen-bond acceptors (Lipinski definition) is 4. The van der Waals surface area contributed by atoms with Gasteiger partial charge in [-0.05, 0) is 22.4 Å². The van der Waals surface area contributed by atoms with Crippen molar-refractivity contribution in [2.75, 3.05) is 26.3 Å². The van der Waals surface area contributed by atoms with Gasteiger partial charge in [0.2, 0.25) is 0 Å². The van der Waals surface area contributed by atoms with E-state index in [9.17, 15) is 9.90 Å². The van der Waals surface area contributed by atoms with Crippen LogP contribution in [0.15, 0.2) is 16.8 Å². The minimum Gasteiger partial charge on any atom is -0.480 e. The molecule has 2 heterocycles. The molecule has 0 aromatic carbocycles. The van der Waals surface area contributed by atoms with E-state index in [2.05, 4.69) is 0 Å². The summed E-state index contributed by atoms with van der Waals surface area (Å²) in [7, 11) is 0. The predicted octanol–water partition coefficient (Wildman–Crippen LogP) is 1.21. The summed E-state index contributed by atoms with van der Waals surface area (Å²) in [4.78, 5) is 13.2. The zero-order valence-electron chi connectivity index (χ0n) is 8.26. The van der Waals surface area contributed by atoms with Gasteiger partial charge in [-0.3, -0.25) is 9.69 Å². The third kappa shape index (κ3) is 2.37. The number of rotatable bonds is 3. The normalized spacial score (nSPS) is 20.0. The van der Waals surface area contributed by atoms with Crippen LogP contribution in [-0.2, 0) is 9.53 Å². The standard InChI is InChI=1S/C10H13NO3S/c12-10(13)9(8-1-6-15-7-8)11-2-4-14-5-3-11/h1,6-7,9H,2-5H2,(H,12,13). The van der Waals surface area contributed by atoms with Crippen molar-refractivity contribution < 1.29 is 14.6 Å². The molecule has 1 saturated heterocycles. The lowest BCUT2D eigenvalue weighted by Crippen LogP contribution is -2.42. The molecular formula is C10H13NO3S. The summed E-state index contributed by atoms with van der Waals surface area (Å²) in [6, 6.07) is 1.36. The Morgan fingerprint density at radius 2 is 2.27 bits per heavy atom. The number of carboxylic acids is 1. The van der Waals surface area contributed by atoms with Crippen LogP contribution in [-0.4, -0.2) is 42.3 Å². The Morgan fingerprint density at radius 1 is 1.53 bits per heavy atom. The van der Waals surface area contributed by atoms with Crippen LogP contribution in [0.3, 0.4) is 0 Å². The van der Waals surface area contributed by atoms with Gasteiger partial charge in [-0.1, -0.05) is 0 Å². The number of carboxylic acid groups (broad SMARTS) is 1. The van der Waals surface area contributed by atoms with Crippen LogP contribution >= 0.6 is 11.3 Å². The van der Waals surface area contributed by atoms with Crippen molar-refractivity contribution in [3.8, 4) is 0 Å². The van der Waals surface area contributed by atoms with Crippen molar-refractivity contribution in [2.45, 2.75) is 6.04 Å². The summed E-state index contributed by atoms with van der Waals surface area (Å²) in [5.41, 5.74) is 0.870. The second-order valence-electron chi connectivity index (χ2n) is 3.45. The molecular weight excluding hydrogens is 214 g/mol. The number of hydrogen-bond donors (Lipinski definition) is 1. The van der Waals surface area contributed by atoms with E-state index in [1.165, 1.54) is 11.3 Å². The lowest BCUT2D eigenvalue weighted by Gasteiger charge is -2.31. The fourth-order valence-corrected chi connectivity index (χ4v) is 2.45. The number of morpholine rings is 1. The molecule has 1 aliphatic rings. The lowest BCUT2D eigenvalue weighted by molar-refractivity contribution is -0.145. The average molecular weight is 227 g/mol. The summed E-state index contributed by atoms with van der Waals surface area (Å²) in [6.07, 6.45) is 0. The van der Waals surface area contributed by atoms with Crippen LogP contribution in [0.2, 0.25) is 0 Å². The van der Waals surface area contributed by atoms with E-state index in [4.69, 9.17) is 4.74 Å². The van der Waals surface area contributed by atoms with Crippen LogP contribution in [0.4, 0.5) is 0 Å². The van der Waals surface area contributed by atoms with Gasteiger partial charge in [0.25, 0.3) is 0 Å². The average Bonchev–Trinajstić information content (AvgIpc) is 2.72. The van der Waals surface area contributed by atoms with Crippen molar-refractivity contribution in [1.82, 2.24) is 4.90 Å². The molecule has 0 amide bonds. The fraction of sp³-hybridized carbons (Fsp3) is 0.500. The molecule has 5 heteroatoms. The molecule has 4 nitrogen and oxygen atoms in total. The minimum absolute atomic E-state index is 0.514. The van der Waals surface area contributed by atoms with E-state index in [-0.39, 0.29) is 0 Å². The predicted molar refractivity (Wildman–Crippen MR) is 57.1 cm³/mol. The quantitative estimate of drug-likeness (QED) is 0.843. The first-order chi connectivity index (χ1) is 7.29. The van der Waals surface area contributed by atoms with Crippen LogP contribution < -0.4 is 0 Å². The van der Waals surface area contributed by atoms with Crippen LogP contribution in [0.1, 0.15) is 11.6 Å². The second-order valence-corrected chi connectivity index (χ2v) is 4.23. The first-order valence-electron chi connectivity index (χ1n) is 4.86. The number of carbonyl (C=O) groups is 1. The van der Waals surface area contributed by atoms with E-state index in [0.717, 1.165) is 5.56 Å². The highest BCUT2D eigenvalue weighted by molar-refractivity contribution is 7.08. The molecule has 0 bridgehead atoms. The Bertz CT molecular complexity index is 319. The van der Waals surface area contributed by atoms with Gasteiger partial charge in [0.05, 0.1) is 13.2 Å². The Balaban J connectivity index is 2.15. The van der Waals surface area contributed by atoms with Crippen LogP contribution in [0.25, 0.3) is 0 Å². The molecule has 15 heavy (non-hydrogen) atoms. The summed E-state index contributed by atoms with van der Waals surface area (Å²) in [5.74, 6) is -0.782. The smallest absolute Gasteiger partial charge is 0.325 e. The largest absolute Gasteiger partial charge is 0.480 e. The molecule has 1 aromatic heterocycles. The third-order valence-electron chi connectivity index (χ3n) is 2.50. The van der Waals surface area contributed by atoms with Crippen molar-refractivity contribution in [3.63, 3.8) is 0 Å². The van der Waals surface area contributed by atoms with Crippen molar-refractivity contribution in [2.24, 2.45) is 0 Å². The van der Waals surface area contributed by atoms with Gasteiger partial charge < -0.3 is 9.84 Å². The molecule has 0 radical (unpaired) electrons. The molecule has 82 valence electrons. The third-order valence-corrected chi connectivity index (χ3v) is 3.21. The zero-order valence-corrected chi connectivity index (χ0v) is 9.07. The van der Waals surface area contributed by atoms with Gasteiger partial charge in [-0.25, -0.2) is 0 Å². The second kappa shape index (κ2) is 4.74. The molecule has 0 saturated carbocycles. The van der Waals surface area contributed by atoms with Crippen LogP contribution in [0, 0.1) is 0 Å². The first kappa shape index (κ1) is 10.6. The maximum atomic E-state index is 11.2. The topological polar surface area (TPSA) is 49.8 Å².